The standard InChI is InChI=1S/C16H17F17N/c1-4-34(5-2)7-6-8(3)9(17,18)10(19,20)11(21,22)12(23,24)13(25,26)14(27,28)15(29,30)16(31,32)33/h8H,3-7H2,1-2H3. The van der Waals surface area contributed by atoms with Crippen molar-refractivity contribution in [1.29, 1.82) is 0 Å². The monoisotopic (exact) mass is 546 g/mol. The lowest BCUT2D eigenvalue weighted by atomic mass is 9.84. The number of rotatable bonds is 12. The fourth-order valence-corrected chi connectivity index (χ4v) is 2.49. The van der Waals surface area contributed by atoms with Gasteiger partial charge in [-0.05, 0) is 33.0 Å². The molecule has 0 aliphatic heterocycles. The van der Waals surface area contributed by atoms with Crippen LogP contribution in [0.2, 0.25) is 0 Å². The van der Waals surface area contributed by atoms with Crippen molar-refractivity contribution in [3.63, 3.8) is 0 Å². The normalized spacial score (nSPS) is 16.9. The molecule has 0 saturated carbocycles. The average molecular weight is 546 g/mol. The molecule has 0 aliphatic rings. The zero-order chi connectivity index (χ0) is 28.0. The van der Waals surface area contributed by atoms with E-state index in [4.69, 9.17) is 0 Å². The summed E-state index contributed by atoms with van der Waals surface area (Å²) in [4.78, 5) is 1.22. The van der Waals surface area contributed by atoms with Crippen LogP contribution >= 0.6 is 0 Å². The van der Waals surface area contributed by atoms with Gasteiger partial charge >= 0.3 is 47.6 Å². The summed E-state index contributed by atoms with van der Waals surface area (Å²) in [5.41, 5.74) is 0. The first-order valence-electron chi connectivity index (χ1n) is 8.93. The van der Waals surface area contributed by atoms with Gasteiger partial charge < -0.3 is 4.90 Å². The number of nitrogens with zero attached hydrogens (tertiary/aromatic N) is 1. The smallest absolute Gasteiger partial charge is 0.304 e. The zero-order valence-electron chi connectivity index (χ0n) is 17.0. The molecular formula is C16H17F17N. The molecule has 0 rings (SSSR count). The Bertz CT molecular complexity index is 678. The first-order chi connectivity index (χ1) is 14.7. The molecular weight excluding hydrogens is 529 g/mol. The molecule has 0 amide bonds. The minimum absolute atomic E-state index is 0.0775. The maximum absolute atomic E-state index is 14.0. The Kier molecular flexibility index (Phi) is 9.00. The lowest BCUT2D eigenvalue weighted by molar-refractivity contribution is -0.463. The van der Waals surface area contributed by atoms with Gasteiger partial charge in [0, 0.05) is 5.92 Å². The van der Waals surface area contributed by atoms with E-state index in [1.54, 1.807) is 0 Å². The lowest BCUT2D eigenvalue weighted by Gasteiger charge is -2.43. The Morgan fingerprint density at radius 2 is 0.824 bits per heavy atom. The summed E-state index contributed by atoms with van der Waals surface area (Å²) in [7, 11) is 0. The highest BCUT2D eigenvalue weighted by Gasteiger charge is 2.95. The minimum atomic E-state index is -8.61. The molecule has 0 aromatic rings. The molecule has 1 nitrogen and oxygen atoms in total. The van der Waals surface area contributed by atoms with E-state index in [1.165, 1.54) is 18.7 Å². The van der Waals surface area contributed by atoms with Gasteiger partial charge in [-0.3, -0.25) is 0 Å². The molecule has 0 fully saturated rings. The van der Waals surface area contributed by atoms with E-state index >= 15 is 0 Å². The Balaban J connectivity index is 6.49. The number of alkyl halides is 17. The molecule has 0 aromatic heterocycles. The summed E-state index contributed by atoms with van der Waals surface area (Å²) in [6, 6.07) is 0. The highest BCUT2D eigenvalue weighted by molar-refractivity contribution is 5.15. The number of halogens is 17. The zero-order valence-corrected chi connectivity index (χ0v) is 17.0. The van der Waals surface area contributed by atoms with Crippen LogP contribution in [0.1, 0.15) is 20.3 Å². The van der Waals surface area contributed by atoms with Crippen LogP contribution in [0.4, 0.5) is 74.6 Å². The van der Waals surface area contributed by atoms with Crippen LogP contribution in [0.5, 0.6) is 0 Å². The topological polar surface area (TPSA) is 3.24 Å². The van der Waals surface area contributed by atoms with Crippen LogP contribution in [0.25, 0.3) is 0 Å². The fourth-order valence-electron chi connectivity index (χ4n) is 2.49. The van der Waals surface area contributed by atoms with Gasteiger partial charge in [-0.2, -0.15) is 74.6 Å². The van der Waals surface area contributed by atoms with Gasteiger partial charge in [-0.1, -0.05) is 13.8 Å². The van der Waals surface area contributed by atoms with Crippen molar-refractivity contribution < 1.29 is 74.6 Å². The third-order valence-corrected chi connectivity index (χ3v) is 4.95. The maximum atomic E-state index is 14.0. The Labute approximate surface area is 181 Å². The third kappa shape index (κ3) is 4.63. The first-order valence-corrected chi connectivity index (χ1v) is 8.93. The summed E-state index contributed by atoms with van der Waals surface area (Å²) >= 11 is 0. The molecule has 205 valence electrons. The predicted molar refractivity (Wildman–Crippen MR) is 81.9 cm³/mol. The lowest BCUT2D eigenvalue weighted by Crippen LogP contribution is -2.74. The molecule has 1 atom stereocenters. The van der Waals surface area contributed by atoms with Crippen molar-refractivity contribution in [1.82, 2.24) is 4.90 Å². The van der Waals surface area contributed by atoms with Gasteiger partial charge in [0.15, 0.2) is 0 Å². The Morgan fingerprint density at radius 1 is 0.529 bits per heavy atom. The largest absolute Gasteiger partial charge is 0.460 e. The van der Waals surface area contributed by atoms with Crippen molar-refractivity contribution in [2.24, 2.45) is 5.92 Å². The highest BCUT2D eigenvalue weighted by Crippen LogP contribution is 2.64. The van der Waals surface area contributed by atoms with Crippen molar-refractivity contribution in [3.8, 4) is 0 Å². The van der Waals surface area contributed by atoms with Gasteiger partial charge in [-0.15, -0.1) is 0 Å². The second-order valence-electron chi connectivity index (χ2n) is 7.08. The summed E-state index contributed by atoms with van der Waals surface area (Å²) < 4.78 is 225. The molecule has 1 radical (unpaired) electrons. The van der Waals surface area contributed by atoms with E-state index in [1.807, 2.05) is 0 Å². The van der Waals surface area contributed by atoms with Crippen LogP contribution < -0.4 is 0 Å². The number of hydrogen-bond acceptors (Lipinski definition) is 1. The Hall–Kier alpha value is -1.23. The van der Waals surface area contributed by atoms with Crippen LogP contribution in [0, 0.1) is 12.8 Å². The third-order valence-electron chi connectivity index (χ3n) is 4.95. The van der Waals surface area contributed by atoms with Crippen molar-refractivity contribution >= 4 is 0 Å². The molecule has 0 saturated heterocycles. The average Bonchev–Trinajstić information content (AvgIpc) is 2.66. The second-order valence-corrected chi connectivity index (χ2v) is 7.08. The Morgan fingerprint density at radius 3 is 1.12 bits per heavy atom. The van der Waals surface area contributed by atoms with Crippen LogP contribution in [-0.2, 0) is 0 Å². The van der Waals surface area contributed by atoms with Gasteiger partial charge in [0.05, 0.1) is 0 Å². The first kappa shape index (κ1) is 32.8. The molecule has 0 spiro atoms. The van der Waals surface area contributed by atoms with Gasteiger partial charge in [0.25, 0.3) is 0 Å². The van der Waals surface area contributed by atoms with E-state index in [0.29, 0.717) is 0 Å². The van der Waals surface area contributed by atoms with Gasteiger partial charge in [0.1, 0.15) is 0 Å². The van der Waals surface area contributed by atoms with E-state index in [9.17, 15) is 74.6 Å². The van der Waals surface area contributed by atoms with E-state index < -0.39 is 66.5 Å². The summed E-state index contributed by atoms with van der Waals surface area (Å²) in [6.07, 6.45) is -9.02. The fraction of sp³-hybridized carbons (Fsp3) is 0.938. The second kappa shape index (κ2) is 9.33. The van der Waals surface area contributed by atoms with Crippen LogP contribution in [0.3, 0.4) is 0 Å². The summed E-state index contributed by atoms with van der Waals surface area (Å²) in [5, 5.41) is 0. The molecule has 1 unspecified atom stereocenters. The van der Waals surface area contributed by atoms with Crippen LogP contribution in [0.15, 0.2) is 0 Å². The number of hydrogen-bond donors (Lipinski definition) is 0. The molecule has 0 heterocycles. The summed E-state index contributed by atoms with van der Waals surface area (Å²) in [6.45, 7) is 4.75. The van der Waals surface area contributed by atoms with Crippen molar-refractivity contribution in [2.75, 3.05) is 19.6 Å². The predicted octanol–water partition coefficient (Wildman–Crippen LogP) is 7.18. The maximum Gasteiger partial charge on any atom is 0.460 e. The minimum Gasteiger partial charge on any atom is -0.304 e. The molecule has 0 bridgehead atoms. The molecule has 0 aromatic carbocycles. The van der Waals surface area contributed by atoms with Gasteiger partial charge in [0.2, 0.25) is 0 Å². The molecule has 18 heteroatoms. The molecule has 0 aliphatic carbocycles. The van der Waals surface area contributed by atoms with Crippen LogP contribution in [-0.4, -0.2) is 72.2 Å². The highest BCUT2D eigenvalue weighted by atomic mass is 19.4. The van der Waals surface area contributed by atoms with E-state index in [0.717, 1.165) is 0 Å². The summed E-state index contributed by atoms with van der Waals surface area (Å²) in [5.74, 6) is -59.5. The van der Waals surface area contributed by atoms with Gasteiger partial charge in [-0.25, -0.2) is 0 Å². The van der Waals surface area contributed by atoms with E-state index in [2.05, 4.69) is 6.92 Å². The SMILES string of the molecule is [CH2]C(CCN(CC)CC)C(F)(F)C(F)(F)C(F)(F)C(F)(F)C(F)(F)C(F)(F)C(F)(F)C(F)(F)F. The molecule has 34 heavy (non-hydrogen) atoms. The molecule has 0 N–H and O–H groups in total. The van der Waals surface area contributed by atoms with Crippen molar-refractivity contribution in [2.45, 2.75) is 67.9 Å². The van der Waals surface area contributed by atoms with E-state index in [-0.39, 0.29) is 13.1 Å². The quantitative estimate of drug-likeness (QED) is 0.235. The van der Waals surface area contributed by atoms with Crippen molar-refractivity contribution in [3.05, 3.63) is 6.92 Å².